The van der Waals surface area contributed by atoms with Crippen molar-refractivity contribution in [1.29, 1.82) is 0 Å². The molecule has 0 fully saturated rings. The van der Waals surface area contributed by atoms with Crippen LogP contribution in [0.4, 0.5) is 0 Å². The minimum Gasteiger partial charge on any atom is -0.437 e. The molecule has 1 nitrogen and oxygen atoms in total. The molecule has 1 unspecified atom stereocenters. The number of hydrogen-bond donors (Lipinski definition) is 0. The molecule has 1 atom stereocenters. The van der Waals surface area contributed by atoms with E-state index in [0.717, 1.165) is 13.9 Å². The minimum atomic E-state index is 0.449. The van der Waals surface area contributed by atoms with Crippen molar-refractivity contribution in [3.8, 4) is 0 Å². The molecule has 12 heavy (non-hydrogen) atoms. The van der Waals surface area contributed by atoms with Crippen LogP contribution in [-0.4, -0.2) is 13.6 Å². The summed E-state index contributed by atoms with van der Waals surface area (Å²) in [4.78, 5) is 0. The topological polar surface area (TPSA) is 9.23 Å². The maximum absolute atomic E-state index is 5.59. The van der Waals surface area contributed by atoms with Crippen LogP contribution < -0.4 is 0 Å². The first-order valence-electron chi connectivity index (χ1n) is 5.11. The van der Waals surface area contributed by atoms with Gasteiger partial charge in [0.05, 0.1) is 0 Å². The van der Waals surface area contributed by atoms with E-state index in [1.54, 1.807) is 0 Å². The predicted molar refractivity (Wildman–Crippen MR) is 56.9 cm³/mol. The fourth-order valence-corrected chi connectivity index (χ4v) is 1.24. The van der Waals surface area contributed by atoms with Gasteiger partial charge in [0.1, 0.15) is 0 Å². The molecule has 0 saturated heterocycles. The van der Waals surface area contributed by atoms with Crippen molar-refractivity contribution in [2.75, 3.05) is 0 Å². The van der Waals surface area contributed by atoms with Crippen LogP contribution in [0.15, 0.2) is 0 Å². The minimum absolute atomic E-state index is 0.449. The second-order valence-electron chi connectivity index (χ2n) is 4.58. The molecule has 0 rings (SSSR count). The smallest absolute Gasteiger partial charge is 0.272 e. The van der Waals surface area contributed by atoms with Gasteiger partial charge in [-0.25, -0.2) is 0 Å². The van der Waals surface area contributed by atoms with Gasteiger partial charge in [-0.3, -0.25) is 0 Å². The molecule has 0 aliphatic heterocycles. The Balaban J connectivity index is 3.58. The Morgan fingerprint density at radius 3 is 2.25 bits per heavy atom. The van der Waals surface area contributed by atoms with E-state index in [9.17, 15) is 0 Å². The highest BCUT2D eigenvalue weighted by atomic mass is 16.4. The first-order chi connectivity index (χ1) is 5.49. The molecule has 0 saturated carbocycles. The number of rotatable bonds is 5. The molecular formula is C10H23BO. The van der Waals surface area contributed by atoms with Gasteiger partial charge in [-0.05, 0) is 24.7 Å². The van der Waals surface area contributed by atoms with Crippen molar-refractivity contribution in [2.24, 2.45) is 5.41 Å². The van der Waals surface area contributed by atoms with Crippen LogP contribution in [0, 0.1) is 5.41 Å². The lowest BCUT2D eigenvalue weighted by Gasteiger charge is -2.22. The largest absolute Gasteiger partial charge is 0.437 e. The van der Waals surface area contributed by atoms with Crippen molar-refractivity contribution < 1.29 is 4.65 Å². The average Bonchev–Trinajstić information content (AvgIpc) is 1.96. The van der Waals surface area contributed by atoms with Crippen molar-refractivity contribution in [3.05, 3.63) is 0 Å². The third kappa shape index (κ3) is 6.72. The highest BCUT2D eigenvalue weighted by molar-refractivity contribution is 6.24. The third-order valence-electron chi connectivity index (χ3n) is 2.07. The van der Waals surface area contributed by atoms with Gasteiger partial charge in [0.2, 0.25) is 0 Å². The predicted octanol–water partition coefficient (Wildman–Crippen LogP) is 3.01. The fourth-order valence-electron chi connectivity index (χ4n) is 1.24. The summed E-state index contributed by atoms with van der Waals surface area (Å²) in [6, 6.07) is 0. The maximum atomic E-state index is 5.59. The Hall–Kier alpha value is 0.0249. The molecule has 0 radical (unpaired) electrons. The van der Waals surface area contributed by atoms with Gasteiger partial charge in [0.15, 0.2) is 0 Å². The van der Waals surface area contributed by atoms with E-state index in [1.807, 2.05) is 0 Å². The van der Waals surface area contributed by atoms with Gasteiger partial charge in [0.25, 0.3) is 7.48 Å². The zero-order valence-corrected chi connectivity index (χ0v) is 9.31. The Bertz CT molecular complexity index is 107. The highest BCUT2D eigenvalue weighted by Gasteiger charge is 2.13. The molecule has 0 aliphatic carbocycles. The first-order valence-corrected chi connectivity index (χ1v) is 5.11. The molecule has 0 aromatic heterocycles. The molecular weight excluding hydrogens is 147 g/mol. The van der Waals surface area contributed by atoms with Gasteiger partial charge in [-0.1, -0.05) is 34.5 Å². The lowest BCUT2D eigenvalue weighted by molar-refractivity contribution is 0.174. The fraction of sp³-hybridized carbons (Fsp3) is 1.00. The molecule has 0 heterocycles. The van der Waals surface area contributed by atoms with Gasteiger partial charge in [-0.15, -0.1) is 0 Å². The highest BCUT2D eigenvalue weighted by Crippen LogP contribution is 2.23. The zero-order chi connectivity index (χ0) is 9.61. The summed E-state index contributed by atoms with van der Waals surface area (Å²) in [5, 5.41) is 0. The molecule has 0 aliphatic rings. The average molecular weight is 170 g/mol. The molecule has 2 heteroatoms. The Labute approximate surface area is 78.2 Å². The van der Waals surface area contributed by atoms with E-state index in [1.165, 1.54) is 12.8 Å². The SMILES string of the molecule is CBOC(CC)CCC(C)(C)C. The Kier molecular flexibility index (Phi) is 5.64. The van der Waals surface area contributed by atoms with Crippen LogP contribution in [0.5, 0.6) is 0 Å². The van der Waals surface area contributed by atoms with Crippen molar-refractivity contribution >= 4 is 7.48 Å². The van der Waals surface area contributed by atoms with Gasteiger partial charge in [0, 0.05) is 6.10 Å². The van der Waals surface area contributed by atoms with Crippen LogP contribution in [0.3, 0.4) is 0 Å². The van der Waals surface area contributed by atoms with Crippen LogP contribution >= 0.6 is 0 Å². The standard InChI is InChI=1S/C10H23BO/c1-6-9(12-11-5)7-8-10(2,3)4/h9,11H,6-8H2,1-5H3. The molecule has 0 aromatic rings. The van der Waals surface area contributed by atoms with E-state index in [4.69, 9.17) is 4.65 Å². The summed E-state index contributed by atoms with van der Waals surface area (Å²) < 4.78 is 5.59. The summed E-state index contributed by atoms with van der Waals surface area (Å²) >= 11 is 0. The van der Waals surface area contributed by atoms with E-state index < -0.39 is 0 Å². The van der Waals surface area contributed by atoms with Crippen LogP contribution in [0.1, 0.15) is 47.0 Å². The molecule has 0 bridgehead atoms. The third-order valence-corrected chi connectivity index (χ3v) is 2.07. The molecule has 72 valence electrons. The second kappa shape index (κ2) is 5.63. The normalized spacial score (nSPS) is 14.4. The van der Waals surface area contributed by atoms with Gasteiger partial charge in [-0.2, -0.15) is 0 Å². The summed E-state index contributed by atoms with van der Waals surface area (Å²) in [6.07, 6.45) is 4.08. The zero-order valence-electron chi connectivity index (χ0n) is 9.31. The summed E-state index contributed by atoms with van der Waals surface area (Å²) in [5.74, 6) is 0. The maximum Gasteiger partial charge on any atom is 0.272 e. The summed E-state index contributed by atoms with van der Waals surface area (Å²) in [5.41, 5.74) is 0.449. The molecule has 0 spiro atoms. The lowest BCUT2D eigenvalue weighted by Crippen LogP contribution is -2.16. The molecule has 0 aromatic carbocycles. The van der Waals surface area contributed by atoms with E-state index in [-0.39, 0.29) is 0 Å². The van der Waals surface area contributed by atoms with Crippen LogP contribution in [0.2, 0.25) is 6.82 Å². The molecule has 0 amide bonds. The van der Waals surface area contributed by atoms with E-state index >= 15 is 0 Å². The van der Waals surface area contributed by atoms with Crippen LogP contribution in [0.25, 0.3) is 0 Å². The van der Waals surface area contributed by atoms with Crippen molar-refractivity contribution in [2.45, 2.75) is 59.9 Å². The monoisotopic (exact) mass is 170 g/mol. The molecule has 0 N–H and O–H groups in total. The Morgan fingerprint density at radius 1 is 1.33 bits per heavy atom. The quantitative estimate of drug-likeness (QED) is 0.576. The van der Waals surface area contributed by atoms with E-state index in [0.29, 0.717) is 11.5 Å². The summed E-state index contributed by atoms with van der Waals surface area (Å²) in [7, 11) is 0.850. The van der Waals surface area contributed by atoms with Gasteiger partial charge < -0.3 is 4.65 Å². The first kappa shape index (κ1) is 12.0. The van der Waals surface area contributed by atoms with Crippen molar-refractivity contribution in [3.63, 3.8) is 0 Å². The van der Waals surface area contributed by atoms with Crippen molar-refractivity contribution in [1.82, 2.24) is 0 Å². The second-order valence-corrected chi connectivity index (χ2v) is 4.58. The Morgan fingerprint density at radius 2 is 1.92 bits per heavy atom. The van der Waals surface area contributed by atoms with E-state index in [2.05, 4.69) is 34.5 Å². The van der Waals surface area contributed by atoms with Crippen LogP contribution in [-0.2, 0) is 4.65 Å². The summed E-state index contributed by atoms with van der Waals surface area (Å²) in [6.45, 7) is 11.1. The lowest BCUT2D eigenvalue weighted by atomic mass is 9.88. The number of hydrogen-bond acceptors (Lipinski definition) is 1. The van der Waals surface area contributed by atoms with Gasteiger partial charge >= 0.3 is 0 Å².